The molecule has 5 heteroatoms. The van der Waals surface area contributed by atoms with E-state index in [0.717, 1.165) is 30.8 Å². The van der Waals surface area contributed by atoms with Crippen LogP contribution in [-0.4, -0.2) is 43.5 Å². The molecule has 0 aliphatic carbocycles. The second-order valence-corrected chi connectivity index (χ2v) is 6.31. The van der Waals surface area contributed by atoms with Crippen LogP contribution in [0.5, 0.6) is 0 Å². The zero-order chi connectivity index (χ0) is 13.8. The van der Waals surface area contributed by atoms with Crippen LogP contribution in [0.15, 0.2) is 18.2 Å². The van der Waals surface area contributed by atoms with Crippen molar-refractivity contribution in [2.45, 2.75) is 19.4 Å². The predicted molar refractivity (Wildman–Crippen MR) is 86.4 cm³/mol. The number of carbonyl (C=O) groups is 1. The fourth-order valence-electron chi connectivity index (χ4n) is 2.33. The Hall–Kier alpha value is -0.660. The molecular formula is C14H20IN3O. The van der Waals surface area contributed by atoms with Gasteiger partial charge < -0.3 is 10.6 Å². The van der Waals surface area contributed by atoms with Gasteiger partial charge in [-0.15, -0.1) is 0 Å². The fourth-order valence-corrected chi connectivity index (χ4v) is 2.98. The maximum Gasteiger partial charge on any atom is 0.238 e. The third-order valence-electron chi connectivity index (χ3n) is 3.51. The van der Waals surface area contributed by atoms with Crippen LogP contribution in [0, 0.1) is 10.5 Å². The van der Waals surface area contributed by atoms with Crippen LogP contribution in [-0.2, 0) is 4.79 Å². The summed E-state index contributed by atoms with van der Waals surface area (Å²) >= 11 is 2.27. The molecule has 1 aliphatic rings. The van der Waals surface area contributed by atoms with Crippen molar-refractivity contribution in [3.8, 4) is 0 Å². The zero-order valence-corrected chi connectivity index (χ0v) is 13.5. The molecule has 1 aliphatic heterocycles. The molecule has 4 nitrogen and oxygen atoms in total. The van der Waals surface area contributed by atoms with E-state index in [1.807, 2.05) is 26.1 Å². The maximum absolute atomic E-state index is 12.0. The Balaban J connectivity index is 1.89. The average Bonchev–Trinajstić information content (AvgIpc) is 2.86. The summed E-state index contributed by atoms with van der Waals surface area (Å²) in [7, 11) is 2.01. The van der Waals surface area contributed by atoms with Gasteiger partial charge in [-0.2, -0.15) is 0 Å². The van der Waals surface area contributed by atoms with Gasteiger partial charge in [0.25, 0.3) is 0 Å². The number of carbonyl (C=O) groups excluding carboxylic acids is 1. The Morgan fingerprint density at radius 2 is 2.37 bits per heavy atom. The van der Waals surface area contributed by atoms with Crippen LogP contribution in [0.25, 0.3) is 0 Å². The van der Waals surface area contributed by atoms with E-state index in [-0.39, 0.29) is 5.91 Å². The van der Waals surface area contributed by atoms with Crippen LogP contribution in [0.3, 0.4) is 0 Å². The molecule has 1 amide bonds. The van der Waals surface area contributed by atoms with Crippen molar-refractivity contribution < 1.29 is 4.79 Å². The number of aryl methyl sites for hydroxylation is 1. The highest BCUT2D eigenvalue weighted by atomic mass is 127. The third kappa shape index (κ3) is 4.15. The molecule has 19 heavy (non-hydrogen) atoms. The van der Waals surface area contributed by atoms with Crippen molar-refractivity contribution in [1.82, 2.24) is 10.2 Å². The van der Waals surface area contributed by atoms with Crippen molar-refractivity contribution in [3.05, 3.63) is 27.3 Å². The number of anilines is 1. The molecular weight excluding hydrogens is 353 g/mol. The van der Waals surface area contributed by atoms with Gasteiger partial charge in [-0.1, -0.05) is 0 Å². The molecule has 1 aromatic rings. The van der Waals surface area contributed by atoms with Crippen LogP contribution in [0.1, 0.15) is 12.0 Å². The second-order valence-electron chi connectivity index (χ2n) is 5.07. The number of rotatable bonds is 4. The van der Waals surface area contributed by atoms with E-state index in [1.54, 1.807) is 0 Å². The number of benzene rings is 1. The van der Waals surface area contributed by atoms with Gasteiger partial charge in [-0.05, 0) is 73.3 Å². The van der Waals surface area contributed by atoms with Gasteiger partial charge in [0.2, 0.25) is 5.91 Å². The second kappa shape index (κ2) is 6.67. The van der Waals surface area contributed by atoms with Gasteiger partial charge in [0.1, 0.15) is 0 Å². The van der Waals surface area contributed by atoms with Crippen molar-refractivity contribution in [2.75, 3.05) is 32.0 Å². The van der Waals surface area contributed by atoms with Crippen molar-refractivity contribution in [3.63, 3.8) is 0 Å². The minimum atomic E-state index is 0.0544. The molecule has 1 heterocycles. The van der Waals surface area contributed by atoms with E-state index in [0.29, 0.717) is 12.6 Å². The maximum atomic E-state index is 12.0. The summed E-state index contributed by atoms with van der Waals surface area (Å²) in [4.78, 5) is 14.2. The summed E-state index contributed by atoms with van der Waals surface area (Å²) in [5.74, 6) is 0.0544. The van der Waals surface area contributed by atoms with Crippen LogP contribution in [0.2, 0.25) is 0 Å². The van der Waals surface area contributed by atoms with Gasteiger partial charge in [0.05, 0.1) is 6.54 Å². The summed E-state index contributed by atoms with van der Waals surface area (Å²) in [5, 5.41) is 6.30. The summed E-state index contributed by atoms with van der Waals surface area (Å²) < 4.78 is 1.18. The molecule has 104 valence electrons. The monoisotopic (exact) mass is 373 g/mol. The quantitative estimate of drug-likeness (QED) is 0.792. The summed E-state index contributed by atoms with van der Waals surface area (Å²) in [5.41, 5.74) is 2.01. The highest BCUT2D eigenvalue weighted by Gasteiger charge is 2.20. The van der Waals surface area contributed by atoms with E-state index < -0.39 is 0 Å². The van der Waals surface area contributed by atoms with Crippen molar-refractivity contribution in [1.29, 1.82) is 0 Å². The van der Waals surface area contributed by atoms with Crippen molar-refractivity contribution in [2.24, 2.45) is 0 Å². The Morgan fingerprint density at radius 3 is 3.00 bits per heavy atom. The van der Waals surface area contributed by atoms with Gasteiger partial charge in [-0.25, -0.2) is 0 Å². The summed E-state index contributed by atoms with van der Waals surface area (Å²) in [6.07, 6.45) is 1.12. The lowest BCUT2D eigenvalue weighted by Crippen LogP contribution is -2.39. The number of hydrogen-bond acceptors (Lipinski definition) is 3. The summed E-state index contributed by atoms with van der Waals surface area (Å²) in [6, 6.07) is 6.52. The Bertz CT molecular complexity index is 458. The summed E-state index contributed by atoms with van der Waals surface area (Å²) in [6.45, 7) is 4.49. The normalized spacial score (nSPS) is 18.8. The number of likely N-dealkylation sites (N-methyl/N-ethyl adjacent to an activating group) is 1. The van der Waals surface area contributed by atoms with Crippen LogP contribution < -0.4 is 10.6 Å². The molecule has 0 aromatic heterocycles. The molecule has 2 N–H and O–H groups in total. The molecule has 1 saturated heterocycles. The lowest BCUT2D eigenvalue weighted by atomic mass is 10.2. The first kappa shape index (κ1) is 14.7. The van der Waals surface area contributed by atoms with Gasteiger partial charge in [-0.3, -0.25) is 9.69 Å². The first-order valence-corrected chi connectivity index (χ1v) is 7.61. The smallest absolute Gasteiger partial charge is 0.238 e. The largest absolute Gasteiger partial charge is 0.325 e. The molecule has 0 bridgehead atoms. The minimum Gasteiger partial charge on any atom is -0.325 e. The van der Waals surface area contributed by atoms with E-state index in [1.165, 1.54) is 3.57 Å². The zero-order valence-electron chi connectivity index (χ0n) is 11.4. The molecule has 1 atom stereocenters. The number of amides is 1. The van der Waals surface area contributed by atoms with E-state index in [9.17, 15) is 4.79 Å². The highest BCUT2D eigenvalue weighted by molar-refractivity contribution is 14.1. The van der Waals surface area contributed by atoms with E-state index in [2.05, 4.69) is 44.2 Å². The van der Waals surface area contributed by atoms with Crippen molar-refractivity contribution >= 4 is 34.2 Å². The number of nitrogens with one attached hydrogen (secondary N) is 2. The minimum absolute atomic E-state index is 0.0544. The SMILES string of the molecule is Cc1cc(I)ccc1NC(=O)CN(C)C1CCNC1. The molecule has 2 rings (SSSR count). The van der Waals surface area contributed by atoms with Gasteiger partial charge >= 0.3 is 0 Å². The average molecular weight is 373 g/mol. The van der Waals surface area contributed by atoms with Gasteiger partial charge in [0.15, 0.2) is 0 Å². The molecule has 0 radical (unpaired) electrons. The molecule has 1 fully saturated rings. The lowest BCUT2D eigenvalue weighted by Gasteiger charge is -2.22. The third-order valence-corrected chi connectivity index (χ3v) is 4.18. The topological polar surface area (TPSA) is 44.4 Å². The Kier molecular flexibility index (Phi) is 5.18. The molecule has 0 saturated carbocycles. The van der Waals surface area contributed by atoms with E-state index >= 15 is 0 Å². The highest BCUT2D eigenvalue weighted by Crippen LogP contribution is 2.17. The first-order chi connectivity index (χ1) is 9.06. The predicted octanol–water partition coefficient (Wildman–Crippen LogP) is 1.83. The number of nitrogens with zero attached hydrogens (tertiary/aromatic N) is 1. The Labute approximate surface area is 128 Å². The van der Waals surface area contributed by atoms with Crippen LogP contribution in [0.4, 0.5) is 5.69 Å². The number of hydrogen-bond donors (Lipinski definition) is 2. The lowest BCUT2D eigenvalue weighted by molar-refractivity contribution is -0.117. The molecule has 0 spiro atoms. The van der Waals surface area contributed by atoms with E-state index in [4.69, 9.17) is 0 Å². The van der Waals surface area contributed by atoms with Gasteiger partial charge in [0, 0.05) is 21.8 Å². The Morgan fingerprint density at radius 1 is 1.58 bits per heavy atom. The molecule has 1 aromatic carbocycles. The van der Waals surface area contributed by atoms with Crippen LogP contribution >= 0.6 is 22.6 Å². The standard InChI is InChI=1S/C14H20IN3O/c1-10-7-11(15)3-4-13(10)17-14(19)9-18(2)12-5-6-16-8-12/h3-4,7,12,16H,5-6,8-9H2,1-2H3,(H,17,19). The fraction of sp³-hybridized carbons (Fsp3) is 0.500. The molecule has 1 unspecified atom stereocenters. The first-order valence-electron chi connectivity index (χ1n) is 6.53. The number of halogens is 1.